The van der Waals surface area contributed by atoms with Gasteiger partial charge in [-0.1, -0.05) is 12.1 Å². The molecule has 0 bridgehead atoms. The van der Waals surface area contributed by atoms with Crippen molar-refractivity contribution in [3.8, 4) is 11.5 Å². The van der Waals surface area contributed by atoms with Crippen molar-refractivity contribution in [1.82, 2.24) is 19.9 Å². The topological polar surface area (TPSA) is 151 Å². The van der Waals surface area contributed by atoms with E-state index in [1.165, 1.54) is 0 Å². The van der Waals surface area contributed by atoms with Gasteiger partial charge in [0.05, 0.1) is 40.6 Å². The summed E-state index contributed by atoms with van der Waals surface area (Å²) < 4.78 is 21.6. The molecule has 2 heterocycles. The minimum absolute atomic E-state index is 0.434. The molecule has 0 fully saturated rings. The van der Waals surface area contributed by atoms with Crippen LogP contribution in [0.4, 0.5) is 17.8 Å². The maximum Gasteiger partial charge on any atom is 0.229 e. The minimum atomic E-state index is 0.434. The number of nitrogens with one attached hydrogen (secondary N) is 3. The van der Waals surface area contributed by atoms with Gasteiger partial charge in [0, 0.05) is 44.5 Å². The molecule has 0 aliphatic rings. The molecule has 3 aromatic rings. The quantitative estimate of drug-likeness (QED) is 0.184. The summed E-state index contributed by atoms with van der Waals surface area (Å²) in [6.45, 7) is 4.17. The Morgan fingerprint density at radius 1 is 0.757 bits per heavy atom. The van der Waals surface area contributed by atoms with Crippen LogP contribution >= 0.6 is 0 Å². The molecular weight excluding hydrogens is 476 g/mol. The summed E-state index contributed by atoms with van der Waals surface area (Å²) in [5.74, 6) is 2.66. The number of nitrogens with zero attached hydrogens (tertiary/aromatic N) is 4. The molecule has 3 rings (SSSR count). The highest BCUT2D eigenvalue weighted by atomic mass is 16.5. The Kier molecular flexibility index (Phi) is 12.1. The first-order valence-corrected chi connectivity index (χ1v) is 12.2. The van der Waals surface area contributed by atoms with E-state index in [0.717, 1.165) is 17.7 Å². The third-order valence-electron chi connectivity index (χ3n) is 5.09. The summed E-state index contributed by atoms with van der Waals surface area (Å²) in [6.07, 6.45) is 2.52. The molecule has 0 atom stereocenters. The van der Waals surface area contributed by atoms with E-state index >= 15 is 0 Å². The summed E-state index contributed by atoms with van der Waals surface area (Å²) in [4.78, 5) is 17.9. The molecule has 0 aliphatic carbocycles. The van der Waals surface area contributed by atoms with Crippen LogP contribution in [0.5, 0.6) is 11.5 Å². The Labute approximate surface area is 217 Å². The normalized spacial score (nSPS) is 10.7. The van der Waals surface area contributed by atoms with Crippen LogP contribution in [0, 0.1) is 0 Å². The van der Waals surface area contributed by atoms with E-state index in [1.807, 2.05) is 36.4 Å². The number of rotatable bonds is 18. The number of nitrogens with two attached hydrogens (primary N) is 1. The molecule has 37 heavy (non-hydrogen) atoms. The molecule has 0 unspecified atom stereocenters. The number of hydrogen-bond acceptors (Lipinski definition) is 12. The van der Waals surface area contributed by atoms with E-state index in [1.54, 1.807) is 20.4 Å². The van der Waals surface area contributed by atoms with Crippen molar-refractivity contribution in [3.05, 3.63) is 53.9 Å². The minimum Gasteiger partial charge on any atom is -0.493 e. The average molecular weight is 513 g/mol. The van der Waals surface area contributed by atoms with E-state index < -0.39 is 0 Å². The van der Waals surface area contributed by atoms with Gasteiger partial charge in [0.1, 0.15) is 0 Å². The van der Waals surface area contributed by atoms with Gasteiger partial charge in [-0.05, 0) is 29.8 Å². The van der Waals surface area contributed by atoms with Gasteiger partial charge in [0.15, 0.2) is 11.5 Å². The smallest absolute Gasteiger partial charge is 0.229 e. The summed E-state index contributed by atoms with van der Waals surface area (Å²) in [5.41, 5.74) is 7.38. The van der Waals surface area contributed by atoms with Crippen LogP contribution in [0.15, 0.2) is 42.6 Å². The largest absolute Gasteiger partial charge is 0.493 e. The average Bonchev–Trinajstić information content (AvgIpc) is 2.93. The highest BCUT2D eigenvalue weighted by Gasteiger charge is 2.09. The Morgan fingerprint density at radius 3 is 2.14 bits per heavy atom. The number of benzene rings is 1. The molecule has 0 saturated heterocycles. The molecule has 0 amide bonds. The fourth-order valence-corrected chi connectivity index (χ4v) is 3.27. The van der Waals surface area contributed by atoms with Crippen LogP contribution in [-0.4, -0.2) is 80.2 Å². The van der Waals surface area contributed by atoms with E-state index in [-0.39, 0.29) is 0 Å². The van der Waals surface area contributed by atoms with E-state index in [9.17, 15) is 0 Å². The van der Waals surface area contributed by atoms with Gasteiger partial charge >= 0.3 is 0 Å². The van der Waals surface area contributed by atoms with Gasteiger partial charge in [-0.3, -0.25) is 4.98 Å². The summed E-state index contributed by atoms with van der Waals surface area (Å²) in [7, 11) is 3.22. The predicted molar refractivity (Wildman–Crippen MR) is 142 cm³/mol. The molecule has 0 saturated carbocycles. The van der Waals surface area contributed by atoms with Crippen molar-refractivity contribution in [3.63, 3.8) is 0 Å². The van der Waals surface area contributed by atoms with Crippen molar-refractivity contribution < 1.29 is 18.9 Å². The molecular formula is C25H36N8O4. The van der Waals surface area contributed by atoms with Crippen LogP contribution in [0.2, 0.25) is 0 Å². The molecule has 0 radical (unpaired) electrons. The second kappa shape index (κ2) is 16.1. The molecule has 1 aromatic carbocycles. The maximum absolute atomic E-state index is 5.56. The lowest BCUT2D eigenvalue weighted by molar-refractivity contribution is 0.0547. The van der Waals surface area contributed by atoms with Crippen LogP contribution in [-0.2, 0) is 22.4 Å². The molecule has 5 N–H and O–H groups in total. The van der Waals surface area contributed by atoms with E-state index in [2.05, 4.69) is 35.9 Å². The van der Waals surface area contributed by atoms with Crippen LogP contribution in [0.3, 0.4) is 0 Å². The van der Waals surface area contributed by atoms with Gasteiger partial charge in [-0.15, -0.1) is 0 Å². The molecule has 0 aliphatic heterocycles. The number of pyridine rings is 1. The summed E-state index contributed by atoms with van der Waals surface area (Å²) in [5, 5.41) is 9.71. The van der Waals surface area contributed by atoms with Crippen molar-refractivity contribution in [2.45, 2.75) is 13.0 Å². The summed E-state index contributed by atoms with van der Waals surface area (Å²) >= 11 is 0. The Hall–Kier alpha value is -3.74. The van der Waals surface area contributed by atoms with Crippen LogP contribution < -0.4 is 31.2 Å². The SMILES string of the molecule is COc1ccc(CNc2nc(NCCOCCOCCN)nc(NCCc3ccccn3)n2)cc1OC. The molecule has 12 nitrogen and oxygen atoms in total. The zero-order valence-electron chi connectivity index (χ0n) is 21.4. The highest BCUT2D eigenvalue weighted by Crippen LogP contribution is 2.27. The van der Waals surface area contributed by atoms with E-state index in [0.29, 0.717) is 82.0 Å². The second-order valence-corrected chi connectivity index (χ2v) is 7.79. The van der Waals surface area contributed by atoms with Gasteiger partial charge in [-0.2, -0.15) is 15.0 Å². The monoisotopic (exact) mass is 512 g/mol. The molecule has 0 spiro atoms. The first kappa shape index (κ1) is 27.8. The van der Waals surface area contributed by atoms with Crippen molar-refractivity contribution in [1.29, 1.82) is 0 Å². The number of aromatic nitrogens is 4. The Morgan fingerprint density at radius 2 is 1.46 bits per heavy atom. The number of methoxy groups -OCH3 is 2. The fraction of sp³-hybridized carbons (Fsp3) is 0.440. The highest BCUT2D eigenvalue weighted by molar-refractivity contribution is 5.45. The first-order valence-electron chi connectivity index (χ1n) is 12.2. The van der Waals surface area contributed by atoms with Crippen LogP contribution in [0.1, 0.15) is 11.3 Å². The fourth-order valence-electron chi connectivity index (χ4n) is 3.27. The third kappa shape index (κ3) is 10.0. The third-order valence-corrected chi connectivity index (χ3v) is 5.09. The summed E-state index contributed by atoms with van der Waals surface area (Å²) in [6, 6.07) is 11.6. The Balaban J connectivity index is 1.59. The number of anilines is 3. The van der Waals surface area contributed by atoms with Crippen LogP contribution in [0.25, 0.3) is 0 Å². The molecule has 200 valence electrons. The van der Waals surface area contributed by atoms with Gasteiger partial charge in [-0.25, -0.2) is 0 Å². The molecule has 2 aromatic heterocycles. The zero-order valence-corrected chi connectivity index (χ0v) is 21.4. The maximum atomic E-state index is 5.56. The lowest BCUT2D eigenvalue weighted by Crippen LogP contribution is -2.17. The van der Waals surface area contributed by atoms with Crippen molar-refractivity contribution in [2.75, 3.05) is 76.2 Å². The Bertz CT molecular complexity index is 1060. The second-order valence-electron chi connectivity index (χ2n) is 7.79. The van der Waals surface area contributed by atoms with Gasteiger partial charge in [0.25, 0.3) is 0 Å². The lowest BCUT2D eigenvalue weighted by atomic mass is 10.2. The number of hydrogen-bond donors (Lipinski definition) is 4. The van der Waals surface area contributed by atoms with Crippen molar-refractivity contribution >= 4 is 17.8 Å². The standard InChI is InChI=1S/C25H36N8O4/c1-34-21-7-6-19(17-22(21)35-2)18-30-25-32-23(28-11-8-20-5-3-4-10-27-20)31-24(33-25)29-12-14-37-16-15-36-13-9-26/h3-7,10,17H,8-9,11-16,18,26H2,1-2H3,(H3,28,29,30,31,32,33). The lowest BCUT2D eigenvalue weighted by Gasteiger charge is -2.13. The number of ether oxygens (including phenoxy) is 4. The molecule has 12 heteroatoms. The zero-order chi connectivity index (χ0) is 26.1. The predicted octanol–water partition coefficient (Wildman–Crippen LogP) is 1.95. The van der Waals surface area contributed by atoms with Crippen molar-refractivity contribution in [2.24, 2.45) is 5.73 Å². The van der Waals surface area contributed by atoms with Gasteiger partial charge in [0.2, 0.25) is 17.8 Å². The van der Waals surface area contributed by atoms with E-state index in [4.69, 9.17) is 24.7 Å². The van der Waals surface area contributed by atoms with Gasteiger partial charge < -0.3 is 40.6 Å². The first-order chi connectivity index (χ1) is 18.2.